The molecule has 132 valence electrons. The molecule has 0 atom stereocenters. The van der Waals surface area contributed by atoms with Crippen molar-refractivity contribution in [1.29, 1.82) is 0 Å². The number of pyridine rings is 1. The molecule has 0 aliphatic carbocycles. The van der Waals surface area contributed by atoms with Gasteiger partial charge in [-0.1, -0.05) is 13.8 Å². The zero-order valence-electron chi connectivity index (χ0n) is 15.3. The molecule has 0 aliphatic heterocycles. The molecule has 7 nitrogen and oxygen atoms in total. The number of hydrogen-bond donors (Lipinski definition) is 1. The van der Waals surface area contributed by atoms with Gasteiger partial charge >= 0.3 is 0 Å². The third-order valence-corrected chi connectivity index (χ3v) is 2.99. The van der Waals surface area contributed by atoms with Gasteiger partial charge in [-0.3, -0.25) is 4.68 Å². The van der Waals surface area contributed by atoms with E-state index in [2.05, 4.69) is 37.3 Å². The van der Waals surface area contributed by atoms with E-state index in [1.165, 1.54) is 0 Å². The van der Waals surface area contributed by atoms with Gasteiger partial charge in [0.25, 0.3) is 0 Å². The second kappa shape index (κ2) is 11.0. The Morgan fingerprint density at radius 2 is 1.83 bits per heavy atom. The van der Waals surface area contributed by atoms with Crippen molar-refractivity contribution in [3.63, 3.8) is 0 Å². The van der Waals surface area contributed by atoms with E-state index in [-0.39, 0.29) is 5.48 Å². The molecular formula is C17H28N6O. The first kappa shape index (κ1) is 21.3. The van der Waals surface area contributed by atoms with Crippen molar-refractivity contribution in [2.24, 2.45) is 12.1 Å². The number of hydrogen-bond acceptors (Lipinski definition) is 4. The normalized spacial score (nSPS) is 9.58. The van der Waals surface area contributed by atoms with Crippen LogP contribution in [0, 0.1) is 6.92 Å². The summed E-state index contributed by atoms with van der Waals surface area (Å²) in [4.78, 5) is 4.30. The Bertz CT molecular complexity index is 744. The van der Waals surface area contributed by atoms with E-state index in [4.69, 9.17) is 0 Å². The molecule has 0 unspecified atom stereocenters. The molecule has 0 saturated heterocycles. The third kappa shape index (κ3) is 5.51. The van der Waals surface area contributed by atoms with Crippen molar-refractivity contribution < 1.29 is 5.48 Å². The summed E-state index contributed by atoms with van der Waals surface area (Å²) in [6, 6.07) is 4.09. The lowest BCUT2D eigenvalue weighted by Crippen LogP contribution is -1.90. The van der Waals surface area contributed by atoms with Crippen LogP contribution in [0.2, 0.25) is 0 Å². The molecule has 0 amide bonds. The van der Waals surface area contributed by atoms with Crippen LogP contribution >= 0.6 is 0 Å². The van der Waals surface area contributed by atoms with E-state index >= 15 is 0 Å². The molecule has 24 heavy (non-hydrogen) atoms. The molecular weight excluding hydrogens is 304 g/mol. The maximum atomic E-state index is 4.30. The van der Waals surface area contributed by atoms with Crippen LogP contribution in [0.4, 0.5) is 0 Å². The minimum atomic E-state index is 0. The van der Waals surface area contributed by atoms with Gasteiger partial charge in [0.2, 0.25) is 0 Å². The summed E-state index contributed by atoms with van der Waals surface area (Å²) < 4.78 is 3.89. The number of aryl methyl sites for hydroxylation is 2. The standard InChI is InChI=1S/C12H12N4.C3H8N2.C2H6.H2O/c1-9-5-13-12-4-3-10(8-16(9)12)11-6-14-15(2)7-11;1-3-5-4-2;1-2;/h3-8H,1-2H3;3-4H,1-2H3;1-2H3;1H2/b;5-3-;;. The second-order valence-corrected chi connectivity index (χ2v) is 4.56. The topological polar surface area (TPSA) is 91.0 Å². The molecule has 0 aliphatic rings. The summed E-state index contributed by atoms with van der Waals surface area (Å²) >= 11 is 0. The highest BCUT2D eigenvalue weighted by atomic mass is 16.0. The van der Waals surface area contributed by atoms with Crippen LogP contribution in [0.1, 0.15) is 26.5 Å². The number of hydrazone groups is 1. The Morgan fingerprint density at radius 1 is 1.12 bits per heavy atom. The Balaban J connectivity index is 0.000000576. The molecule has 0 radical (unpaired) electrons. The Morgan fingerprint density at radius 3 is 2.33 bits per heavy atom. The van der Waals surface area contributed by atoms with Crippen molar-refractivity contribution in [2.45, 2.75) is 27.7 Å². The predicted octanol–water partition coefficient (Wildman–Crippen LogP) is 2.46. The smallest absolute Gasteiger partial charge is 0.136 e. The van der Waals surface area contributed by atoms with Crippen LogP contribution in [-0.2, 0) is 7.05 Å². The molecule has 7 heteroatoms. The number of fused-ring (bicyclic) bond motifs is 1. The quantitative estimate of drug-likeness (QED) is 0.577. The lowest BCUT2D eigenvalue weighted by molar-refractivity contribution is 0.768. The van der Waals surface area contributed by atoms with Crippen molar-refractivity contribution >= 4 is 11.9 Å². The van der Waals surface area contributed by atoms with E-state index < -0.39 is 0 Å². The fourth-order valence-electron chi connectivity index (χ4n) is 1.97. The van der Waals surface area contributed by atoms with Gasteiger partial charge in [-0.25, -0.2) is 4.98 Å². The summed E-state index contributed by atoms with van der Waals surface area (Å²) in [7, 11) is 3.69. The van der Waals surface area contributed by atoms with Crippen molar-refractivity contribution in [3.05, 3.63) is 42.6 Å². The first-order valence-electron chi connectivity index (χ1n) is 7.73. The maximum absolute atomic E-state index is 4.30. The number of nitrogens with one attached hydrogen (secondary N) is 1. The zero-order chi connectivity index (χ0) is 17.2. The Labute approximate surface area is 143 Å². The van der Waals surface area contributed by atoms with Gasteiger partial charge in [0.05, 0.1) is 6.20 Å². The van der Waals surface area contributed by atoms with Gasteiger partial charge in [-0.2, -0.15) is 10.2 Å². The van der Waals surface area contributed by atoms with E-state index in [1.54, 1.807) is 17.9 Å². The molecule has 0 spiro atoms. The van der Waals surface area contributed by atoms with Gasteiger partial charge in [0.15, 0.2) is 0 Å². The molecule has 3 aromatic rings. The summed E-state index contributed by atoms with van der Waals surface area (Å²) in [5.41, 5.74) is 6.98. The first-order chi connectivity index (χ1) is 11.2. The fraction of sp³-hybridized carbons (Fsp3) is 0.353. The third-order valence-electron chi connectivity index (χ3n) is 2.99. The molecule has 0 saturated carbocycles. The van der Waals surface area contributed by atoms with Crippen LogP contribution < -0.4 is 5.43 Å². The molecule has 3 aromatic heterocycles. The summed E-state index contributed by atoms with van der Waals surface area (Å²) in [6.07, 6.45) is 9.54. The largest absolute Gasteiger partial charge is 0.412 e. The van der Waals surface area contributed by atoms with Gasteiger partial charge in [-0.05, 0) is 26.0 Å². The highest BCUT2D eigenvalue weighted by Gasteiger charge is 2.03. The highest BCUT2D eigenvalue weighted by Crippen LogP contribution is 2.19. The Hall–Kier alpha value is -2.67. The number of imidazole rings is 1. The average Bonchev–Trinajstić information content (AvgIpc) is 3.17. The van der Waals surface area contributed by atoms with E-state index in [9.17, 15) is 0 Å². The summed E-state index contributed by atoms with van der Waals surface area (Å²) in [5.74, 6) is 0. The van der Waals surface area contributed by atoms with Crippen molar-refractivity contribution in [2.75, 3.05) is 7.05 Å². The molecule has 0 fully saturated rings. The molecule has 3 N–H and O–H groups in total. The van der Waals surface area contributed by atoms with Gasteiger partial charge in [0, 0.05) is 55.7 Å². The zero-order valence-corrected chi connectivity index (χ0v) is 15.3. The highest BCUT2D eigenvalue weighted by molar-refractivity contribution is 5.63. The van der Waals surface area contributed by atoms with Gasteiger partial charge < -0.3 is 15.3 Å². The number of rotatable bonds is 2. The van der Waals surface area contributed by atoms with Crippen LogP contribution in [-0.4, -0.2) is 37.9 Å². The molecule has 3 heterocycles. The van der Waals surface area contributed by atoms with Crippen molar-refractivity contribution in [3.8, 4) is 11.1 Å². The minimum absolute atomic E-state index is 0. The van der Waals surface area contributed by atoms with E-state index in [0.29, 0.717) is 0 Å². The first-order valence-corrected chi connectivity index (χ1v) is 7.73. The summed E-state index contributed by atoms with van der Waals surface area (Å²) in [5, 5.41) is 7.77. The SMILES string of the molecule is C/C=N\NC.CC.Cc1cnc2ccc(-c3cnn(C)c3)cn12.O. The lowest BCUT2D eigenvalue weighted by Gasteiger charge is -2.00. The van der Waals surface area contributed by atoms with Crippen molar-refractivity contribution in [1.82, 2.24) is 24.6 Å². The maximum Gasteiger partial charge on any atom is 0.136 e. The monoisotopic (exact) mass is 332 g/mol. The number of aromatic nitrogens is 4. The van der Waals surface area contributed by atoms with Crippen LogP contribution in [0.5, 0.6) is 0 Å². The van der Waals surface area contributed by atoms with Crippen LogP contribution in [0.3, 0.4) is 0 Å². The van der Waals surface area contributed by atoms with Gasteiger partial charge in [0.1, 0.15) is 5.65 Å². The van der Waals surface area contributed by atoms with Gasteiger partial charge in [-0.15, -0.1) is 0 Å². The Kier molecular flexibility index (Phi) is 9.74. The van der Waals surface area contributed by atoms with Crippen LogP contribution in [0.25, 0.3) is 16.8 Å². The van der Waals surface area contributed by atoms with E-state index in [1.807, 2.05) is 59.4 Å². The predicted molar refractivity (Wildman–Crippen MR) is 100 cm³/mol. The molecule has 0 aromatic carbocycles. The molecule has 3 rings (SSSR count). The summed E-state index contributed by atoms with van der Waals surface area (Å²) in [6.45, 7) is 7.91. The minimum Gasteiger partial charge on any atom is -0.412 e. The fourth-order valence-corrected chi connectivity index (χ4v) is 1.97. The average molecular weight is 332 g/mol. The number of nitrogens with zero attached hydrogens (tertiary/aromatic N) is 5. The molecule has 0 bridgehead atoms. The lowest BCUT2D eigenvalue weighted by atomic mass is 10.2. The van der Waals surface area contributed by atoms with E-state index in [0.717, 1.165) is 22.5 Å². The second-order valence-electron chi connectivity index (χ2n) is 4.56. The van der Waals surface area contributed by atoms with Crippen LogP contribution in [0.15, 0.2) is 42.0 Å².